The number of hydrogen-bond acceptors (Lipinski definition) is 7. The fraction of sp³-hybridized carbons (Fsp3) is 0.172. The number of nitrogen functional groups attached to an aromatic ring is 1. The van der Waals surface area contributed by atoms with Gasteiger partial charge in [0.25, 0.3) is 5.56 Å². The molecule has 0 aliphatic heterocycles. The van der Waals surface area contributed by atoms with Crippen molar-refractivity contribution in [3.63, 3.8) is 0 Å². The monoisotopic (exact) mass is 592 g/mol. The van der Waals surface area contributed by atoms with Gasteiger partial charge in [0.1, 0.15) is 33.6 Å². The predicted octanol–water partition coefficient (Wildman–Crippen LogP) is 6.75. The van der Waals surface area contributed by atoms with Crippen molar-refractivity contribution in [2.24, 2.45) is 0 Å². The van der Waals surface area contributed by atoms with Gasteiger partial charge in [0, 0.05) is 10.9 Å². The average Bonchev–Trinajstić information content (AvgIpc) is 3.51. The zero-order valence-corrected chi connectivity index (χ0v) is 23.7. The topological polar surface area (TPSA) is 100 Å². The number of hydrogen-bond donors (Lipinski definition) is 1. The highest BCUT2D eigenvalue weighted by Crippen LogP contribution is 2.37. The minimum absolute atomic E-state index is 0.119. The molecular formula is C29H23ClF2N6O2S. The van der Waals surface area contributed by atoms with Gasteiger partial charge in [0.05, 0.1) is 23.1 Å². The van der Waals surface area contributed by atoms with Crippen LogP contribution in [-0.4, -0.2) is 30.3 Å². The Morgan fingerprint density at radius 3 is 2.59 bits per heavy atom. The van der Waals surface area contributed by atoms with E-state index in [9.17, 15) is 13.6 Å². The van der Waals surface area contributed by atoms with Crippen molar-refractivity contribution in [2.45, 2.75) is 32.9 Å². The summed E-state index contributed by atoms with van der Waals surface area (Å²) >= 11 is 7.65. The molecule has 6 aromatic rings. The van der Waals surface area contributed by atoms with Gasteiger partial charge in [0.15, 0.2) is 17.2 Å². The van der Waals surface area contributed by atoms with E-state index in [1.54, 1.807) is 28.3 Å². The van der Waals surface area contributed by atoms with Crippen LogP contribution in [0.25, 0.3) is 38.2 Å². The number of aromatic nitrogens is 5. The summed E-state index contributed by atoms with van der Waals surface area (Å²) in [5, 5.41) is 7.17. The molecule has 6 rings (SSSR count). The van der Waals surface area contributed by atoms with Crippen LogP contribution in [0, 0.1) is 11.6 Å². The summed E-state index contributed by atoms with van der Waals surface area (Å²) in [7, 11) is 0. The molecule has 12 heteroatoms. The molecule has 0 saturated heterocycles. The number of pyridine rings is 1. The molecule has 0 radical (unpaired) electrons. The van der Waals surface area contributed by atoms with Crippen molar-refractivity contribution in [1.82, 2.24) is 24.1 Å². The molecule has 0 bridgehead atoms. The van der Waals surface area contributed by atoms with E-state index in [1.165, 1.54) is 46.3 Å². The third-order valence-corrected chi connectivity index (χ3v) is 8.00. The molecule has 2 aromatic carbocycles. The molecule has 0 aliphatic rings. The van der Waals surface area contributed by atoms with E-state index in [1.807, 2.05) is 26.8 Å². The van der Waals surface area contributed by atoms with Crippen molar-refractivity contribution in [3.8, 4) is 28.1 Å². The molecule has 0 amide bonds. The third-order valence-electron chi connectivity index (χ3n) is 6.71. The van der Waals surface area contributed by atoms with Gasteiger partial charge in [0.2, 0.25) is 0 Å². The summed E-state index contributed by atoms with van der Waals surface area (Å²) < 4.78 is 37.9. The summed E-state index contributed by atoms with van der Waals surface area (Å²) in [6.45, 7) is 5.47. The number of nitrogens with two attached hydrogens (primary N) is 1. The fourth-order valence-electron chi connectivity index (χ4n) is 4.92. The van der Waals surface area contributed by atoms with Gasteiger partial charge in [-0.1, -0.05) is 23.7 Å². The number of anilines is 1. The Balaban J connectivity index is 1.59. The molecule has 8 nitrogen and oxygen atoms in total. The van der Waals surface area contributed by atoms with Crippen LogP contribution in [0.4, 0.5) is 14.6 Å². The van der Waals surface area contributed by atoms with Gasteiger partial charge in [-0.25, -0.2) is 23.4 Å². The molecule has 41 heavy (non-hydrogen) atoms. The van der Waals surface area contributed by atoms with Gasteiger partial charge in [-0.05, 0) is 68.3 Å². The Morgan fingerprint density at radius 2 is 1.85 bits per heavy atom. The normalized spacial score (nSPS) is 12.5. The first-order valence-corrected chi connectivity index (χ1v) is 13.9. The highest BCUT2D eigenvalue weighted by Gasteiger charge is 2.26. The number of nitrogens with zero attached hydrogens (tertiary/aromatic N) is 5. The van der Waals surface area contributed by atoms with E-state index < -0.39 is 23.2 Å². The molecule has 4 heterocycles. The fourth-order valence-corrected chi connectivity index (χ4v) is 6.07. The van der Waals surface area contributed by atoms with E-state index in [-0.39, 0.29) is 28.4 Å². The molecule has 0 fully saturated rings. The lowest BCUT2D eigenvalue weighted by Gasteiger charge is -2.18. The number of fused-ring (bicyclic) bond motifs is 2. The van der Waals surface area contributed by atoms with Gasteiger partial charge in [-0.3, -0.25) is 9.20 Å². The maximum Gasteiger partial charge on any atom is 0.265 e. The van der Waals surface area contributed by atoms with Crippen LogP contribution in [0.3, 0.4) is 0 Å². The molecule has 1 unspecified atom stereocenters. The number of benzene rings is 2. The standard InChI is InChI=1S/C29H23ClF2N6O2S/c1-14(2)40-21-8-7-17(10-20(21)32)26-25-27(33)34-13-35-28(25)38(36-26)15(3)19-11-23-37(22(30)12-41-23)29(39)24(19)16-5-4-6-18(31)9-16/h4-15H,1-3H3,(H2,33,34,35). The van der Waals surface area contributed by atoms with Crippen molar-refractivity contribution < 1.29 is 13.5 Å². The lowest BCUT2D eigenvalue weighted by molar-refractivity contribution is 0.231. The van der Waals surface area contributed by atoms with Crippen molar-refractivity contribution in [1.29, 1.82) is 0 Å². The number of ether oxygens (including phenoxy) is 1. The highest BCUT2D eigenvalue weighted by atomic mass is 35.5. The lowest BCUT2D eigenvalue weighted by atomic mass is 9.97. The van der Waals surface area contributed by atoms with Gasteiger partial charge in [-0.15, -0.1) is 11.3 Å². The molecule has 0 spiro atoms. The van der Waals surface area contributed by atoms with Crippen LogP contribution < -0.4 is 16.0 Å². The summed E-state index contributed by atoms with van der Waals surface area (Å²) in [4.78, 5) is 23.0. The van der Waals surface area contributed by atoms with E-state index in [2.05, 4.69) is 9.97 Å². The number of halogens is 3. The van der Waals surface area contributed by atoms with Crippen LogP contribution in [0.1, 0.15) is 32.4 Å². The second-order valence-electron chi connectivity index (χ2n) is 9.76. The smallest absolute Gasteiger partial charge is 0.265 e. The summed E-state index contributed by atoms with van der Waals surface area (Å²) in [5.41, 5.74) is 8.32. The van der Waals surface area contributed by atoms with Crippen LogP contribution >= 0.6 is 22.9 Å². The first-order chi connectivity index (χ1) is 19.6. The van der Waals surface area contributed by atoms with Crippen LogP contribution in [-0.2, 0) is 0 Å². The van der Waals surface area contributed by atoms with Gasteiger partial charge >= 0.3 is 0 Å². The third kappa shape index (κ3) is 4.60. The summed E-state index contributed by atoms with van der Waals surface area (Å²) in [6.07, 6.45) is 1.11. The molecule has 0 aliphatic carbocycles. The lowest BCUT2D eigenvalue weighted by Crippen LogP contribution is -2.20. The minimum Gasteiger partial charge on any atom is -0.488 e. The van der Waals surface area contributed by atoms with E-state index in [4.69, 9.17) is 27.2 Å². The first kappa shape index (κ1) is 26.9. The first-order valence-electron chi connectivity index (χ1n) is 12.7. The van der Waals surface area contributed by atoms with Gasteiger partial charge < -0.3 is 10.5 Å². The molecule has 2 N–H and O–H groups in total. The molecule has 1 atom stereocenters. The largest absolute Gasteiger partial charge is 0.488 e. The van der Waals surface area contributed by atoms with E-state index in [0.29, 0.717) is 38.2 Å². The molecule has 0 saturated carbocycles. The maximum atomic E-state index is 15.0. The Kier molecular flexibility index (Phi) is 6.71. The van der Waals surface area contributed by atoms with Crippen molar-refractivity contribution in [2.75, 3.05) is 5.73 Å². The summed E-state index contributed by atoms with van der Waals surface area (Å²) in [5.74, 6) is -0.754. The van der Waals surface area contributed by atoms with Crippen LogP contribution in [0.2, 0.25) is 5.15 Å². The molecule has 208 valence electrons. The second-order valence-corrected chi connectivity index (χ2v) is 11.0. The summed E-state index contributed by atoms with van der Waals surface area (Å²) in [6, 6.07) is 11.6. The average molecular weight is 593 g/mol. The zero-order valence-electron chi connectivity index (χ0n) is 22.1. The predicted molar refractivity (Wildman–Crippen MR) is 157 cm³/mol. The quantitative estimate of drug-likeness (QED) is 0.230. The number of rotatable bonds is 6. The van der Waals surface area contributed by atoms with E-state index >= 15 is 0 Å². The SMILES string of the molecule is CC(C)Oc1ccc(-c2nn(C(C)c3cc4scc(Cl)n4c(=O)c3-c3cccc(F)c3)c3ncnc(N)c23)cc1F. The Hall–Kier alpha value is -4.35. The van der Waals surface area contributed by atoms with E-state index in [0.717, 1.165) is 0 Å². The number of thiazole rings is 1. The van der Waals surface area contributed by atoms with Crippen molar-refractivity contribution in [3.05, 3.63) is 92.9 Å². The van der Waals surface area contributed by atoms with Crippen molar-refractivity contribution >= 4 is 44.6 Å². The Bertz CT molecular complexity index is 2020. The van der Waals surface area contributed by atoms with Crippen LogP contribution in [0.5, 0.6) is 5.75 Å². The van der Waals surface area contributed by atoms with Crippen LogP contribution in [0.15, 0.2) is 65.0 Å². The highest BCUT2D eigenvalue weighted by molar-refractivity contribution is 7.16. The zero-order chi connectivity index (χ0) is 29.0. The Labute approximate surface area is 241 Å². The molecular weight excluding hydrogens is 570 g/mol. The Morgan fingerprint density at radius 1 is 1.05 bits per heavy atom. The van der Waals surface area contributed by atoms with Gasteiger partial charge in [-0.2, -0.15) is 5.10 Å². The molecule has 4 aromatic heterocycles. The minimum atomic E-state index is -0.592. The maximum absolute atomic E-state index is 15.0. The second kappa shape index (κ2) is 10.2.